The molecule has 13 heteroatoms. The summed E-state index contributed by atoms with van der Waals surface area (Å²) in [4.78, 5) is 29.4. The first-order valence-corrected chi connectivity index (χ1v) is 12.0. The predicted octanol–water partition coefficient (Wildman–Crippen LogP) is 3.39. The number of nitrogens with zero attached hydrogens (tertiary/aromatic N) is 2. The number of aromatic amines is 1. The Hall–Kier alpha value is -4.52. The Morgan fingerprint density at radius 3 is 2.55 bits per heavy atom. The molecule has 5 N–H and O–H groups in total. The summed E-state index contributed by atoms with van der Waals surface area (Å²) in [6.45, 7) is 1.41. The highest BCUT2D eigenvalue weighted by molar-refractivity contribution is 5.99. The molecule has 0 aliphatic carbocycles. The number of aliphatic hydroxyl groups is 1. The zero-order valence-electron chi connectivity index (χ0n) is 21.2. The second-order valence-corrected chi connectivity index (χ2v) is 9.89. The highest BCUT2D eigenvalue weighted by Crippen LogP contribution is 2.47. The van der Waals surface area contributed by atoms with E-state index in [0.717, 1.165) is 18.2 Å². The van der Waals surface area contributed by atoms with Crippen molar-refractivity contribution in [2.24, 2.45) is 5.73 Å². The van der Waals surface area contributed by atoms with Crippen LogP contribution >= 0.6 is 0 Å². The SMILES string of the molecule is Cc1cc2[nH]ncc2cc1C(=O)NCC(O)(c1cc2c(c(-c3ccc(F)cc3)n1)OC[C@]2(C)C(N)=O)C(F)(F)F. The number of halogens is 4. The lowest BCUT2D eigenvalue weighted by atomic mass is 9.81. The molecular formula is C27H23F4N5O4. The van der Waals surface area contributed by atoms with Crippen molar-refractivity contribution in [1.29, 1.82) is 0 Å². The molecule has 2 atom stereocenters. The number of rotatable bonds is 6. The van der Waals surface area contributed by atoms with Crippen molar-refractivity contribution in [1.82, 2.24) is 20.5 Å². The number of carbonyl (C=O) groups excluding carboxylic acids is 2. The maximum atomic E-state index is 14.6. The van der Waals surface area contributed by atoms with Crippen molar-refractivity contribution in [3.63, 3.8) is 0 Å². The third-order valence-electron chi connectivity index (χ3n) is 7.16. The van der Waals surface area contributed by atoms with Crippen molar-refractivity contribution < 1.29 is 37.0 Å². The van der Waals surface area contributed by atoms with Crippen LogP contribution in [0.3, 0.4) is 0 Å². The number of H-pyrrole nitrogens is 1. The van der Waals surface area contributed by atoms with Crippen LogP contribution in [0.25, 0.3) is 22.2 Å². The zero-order chi connectivity index (χ0) is 29.0. The van der Waals surface area contributed by atoms with Crippen molar-refractivity contribution in [2.45, 2.75) is 31.0 Å². The predicted molar refractivity (Wildman–Crippen MR) is 135 cm³/mol. The molecule has 2 aromatic carbocycles. The fourth-order valence-electron chi connectivity index (χ4n) is 4.59. The van der Waals surface area contributed by atoms with E-state index in [0.29, 0.717) is 16.5 Å². The Bertz CT molecular complexity index is 1650. The van der Waals surface area contributed by atoms with Gasteiger partial charge in [-0.2, -0.15) is 18.3 Å². The summed E-state index contributed by atoms with van der Waals surface area (Å²) in [5.41, 5.74) is 0.598. The fraction of sp³-hybridized carbons (Fsp3) is 0.259. The molecule has 0 radical (unpaired) electrons. The quantitative estimate of drug-likeness (QED) is 0.268. The van der Waals surface area contributed by atoms with E-state index in [-0.39, 0.29) is 34.7 Å². The number of fused-ring (bicyclic) bond motifs is 2. The molecule has 0 fully saturated rings. The summed E-state index contributed by atoms with van der Waals surface area (Å²) in [5, 5.41) is 20.5. The number of benzene rings is 2. The van der Waals surface area contributed by atoms with Crippen LogP contribution in [-0.2, 0) is 15.8 Å². The molecule has 2 amide bonds. The molecule has 40 heavy (non-hydrogen) atoms. The van der Waals surface area contributed by atoms with E-state index in [9.17, 15) is 32.3 Å². The average Bonchev–Trinajstić information content (AvgIpc) is 3.50. The largest absolute Gasteiger partial charge is 0.489 e. The lowest BCUT2D eigenvalue weighted by molar-refractivity contribution is -0.265. The van der Waals surface area contributed by atoms with Crippen LogP contribution in [0.4, 0.5) is 17.6 Å². The van der Waals surface area contributed by atoms with Gasteiger partial charge in [-0.15, -0.1) is 0 Å². The van der Waals surface area contributed by atoms with Gasteiger partial charge in [0.15, 0.2) is 0 Å². The van der Waals surface area contributed by atoms with Crippen LogP contribution in [0.2, 0.25) is 0 Å². The van der Waals surface area contributed by atoms with Gasteiger partial charge in [0.2, 0.25) is 11.5 Å². The molecule has 3 heterocycles. The molecule has 0 bridgehead atoms. The highest BCUT2D eigenvalue weighted by Gasteiger charge is 2.57. The number of aromatic nitrogens is 3. The van der Waals surface area contributed by atoms with Gasteiger partial charge in [-0.3, -0.25) is 14.7 Å². The number of pyridine rings is 1. The van der Waals surface area contributed by atoms with Gasteiger partial charge in [0.25, 0.3) is 5.91 Å². The summed E-state index contributed by atoms with van der Waals surface area (Å²) in [5.74, 6) is -2.36. The van der Waals surface area contributed by atoms with E-state index in [2.05, 4.69) is 20.5 Å². The molecule has 0 saturated carbocycles. The van der Waals surface area contributed by atoms with Gasteiger partial charge in [0.1, 0.15) is 29.3 Å². The third-order valence-corrected chi connectivity index (χ3v) is 7.16. The normalized spacial score (nSPS) is 18.2. The summed E-state index contributed by atoms with van der Waals surface area (Å²) >= 11 is 0. The van der Waals surface area contributed by atoms with E-state index < -0.39 is 47.1 Å². The molecule has 0 spiro atoms. The van der Waals surface area contributed by atoms with Gasteiger partial charge in [0.05, 0.1) is 24.0 Å². The third kappa shape index (κ3) is 4.31. The number of nitrogens with two attached hydrogens (primary N) is 1. The monoisotopic (exact) mass is 557 g/mol. The second kappa shape index (κ2) is 9.30. The minimum Gasteiger partial charge on any atom is -0.489 e. The number of nitrogens with one attached hydrogen (secondary N) is 2. The molecule has 1 unspecified atom stereocenters. The van der Waals surface area contributed by atoms with E-state index in [1.165, 1.54) is 31.3 Å². The molecule has 1 aliphatic heterocycles. The number of ether oxygens (including phenoxy) is 1. The summed E-state index contributed by atoms with van der Waals surface area (Å²) in [6.07, 6.45) is -3.87. The summed E-state index contributed by atoms with van der Waals surface area (Å²) < 4.78 is 62.9. The lowest BCUT2D eigenvalue weighted by Gasteiger charge is -2.31. The number of amides is 2. The van der Waals surface area contributed by atoms with Crippen molar-refractivity contribution in [2.75, 3.05) is 13.2 Å². The molecular weight excluding hydrogens is 534 g/mol. The van der Waals surface area contributed by atoms with Crippen LogP contribution in [0.1, 0.15) is 34.1 Å². The van der Waals surface area contributed by atoms with Crippen molar-refractivity contribution in [3.8, 4) is 17.0 Å². The molecule has 2 aromatic heterocycles. The van der Waals surface area contributed by atoms with Crippen LogP contribution in [-0.4, -0.2) is 51.4 Å². The standard InChI is InChI=1S/C27H23F4N5O4/c1-13-7-19-15(10-34-36-19)8-17(13)23(37)33-11-26(39,27(29,30)31)20-9-18-22(40-12-25(18,2)24(32)38)21(35-20)14-3-5-16(28)6-4-14/h3-10,39H,11-12H2,1-2H3,(H2,32,38)(H,33,37)(H,34,36)/t25-,26?/m0/s1. The molecule has 0 saturated heterocycles. The van der Waals surface area contributed by atoms with Crippen LogP contribution in [0.5, 0.6) is 5.75 Å². The van der Waals surface area contributed by atoms with Gasteiger partial charge >= 0.3 is 6.18 Å². The Morgan fingerprint density at radius 1 is 1.20 bits per heavy atom. The topological polar surface area (TPSA) is 143 Å². The highest BCUT2D eigenvalue weighted by atomic mass is 19.4. The molecule has 5 rings (SSSR count). The van der Waals surface area contributed by atoms with E-state index in [4.69, 9.17) is 10.5 Å². The number of hydrogen-bond donors (Lipinski definition) is 4. The maximum Gasteiger partial charge on any atom is 0.424 e. The van der Waals surface area contributed by atoms with Crippen molar-refractivity contribution in [3.05, 3.63) is 76.9 Å². The first-order valence-electron chi connectivity index (χ1n) is 12.0. The van der Waals surface area contributed by atoms with E-state index >= 15 is 0 Å². The number of carbonyl (C=O) groups is 2. The maximum absolute atomic E-state index is 14.6. The number of primary amides is 1. The molecule has 4 aromatic rings. The number of hydrogen-bond acceptors (Lipinski definition) is 6. The molecule has 1 aliphatic rings. The van der Waals surface area contributed by atoms with Crippen LogP contribution in [0, 0.1) is 12.7 Å². The molecule has 208 valence electrons. The Kier molecular flexibility index (Phi) is 6.29. The lowest BCUT2D eigenvalue weighted by Crippen LogP contribution is -2.52. The smallest absolute Gasteiger partial charge is 0.424 e. The Morgan fingerprint density at radius 2 is 1.90 bits per heavy atom. The Labute approximate surface area is 224 Å². The summed E-state index contributed by atoms with van der Waals surface area (Å²) in [7, 11) is 0. The minimum atomic E-state index is -5.33. The second-order valence-electron chi connectivity index (χ2n) is 9.89. The van der Waals surface area contributed by atoms with Crippen LogP contribution in [0.15, 0.2) is 48.7 Å². The van der Waals surface area contributed by atoms with Crippen molar-refractivity contribution >= 4 is 22.7 Å². The zero-order valence-corrected chi connectivity index (χ0v) is 21.2. The average molecular weight is 558 g/mol. The van der Waals surface area contributed by atoms with E-state index in [1.54, 1.807) is 13.0 Å². The summed E-state index contributed by atoms with van der Waals surface area (Å²) in [6, 6.07) is 8.69. The first kappa shape index (κ1) is 27.1. The van der Waals surface area contributed by atoms with Gasteiger partial charge < -0.3 is 20.9 Å². The first-order chi connectivity index (χ1) is 18.7. The molecule has 9 nitrogen and oxygen atoms in total. The van der Waals surface area contributed by atoms with E-state index in [1.807, 2.05) is 0 Å². The number of aryl methyl sites for hydroxylation is 1. The van der Waals surface area contributed by atoms with Crippen LogP contribution < -0.4 is 15.8 Å². The minimum absolute atomic E-state index is 0.0192. The fourth-order valence-corrected chi connectivity index (χ4v) is 4.59. The van der Waals surface area contributed by atoms with Gasteiger partial charge in [-0.05, 0) is 61.9 Å². The van der Waals surface area contributed by atoms with Gasteiger partial charge in [-0.1, -0.05) is 0 Å². The Balaban J connectivity index is 1.60. The van der Waals surface area contributed by atoms with Gasteiger partial charge in [0, 0.05) is 22.1 Å². The number of alkyl halides is 3. The van der Waals surface area contributed by atoms with Gasteiger partial charge in [-0.25, -0.2) is 9.37 Å².